The van der Waals surface area contributed by atoms with Crippen molar-refractivity contribution in [3.63, 3.8) is 0 Å². The average molecular weight is 385 g/mol. The molecular formula is C17H28N4O2S2. The molecule has 0 fully saturated rings. The van der Waals surface area contributed by atoms with Gasteiger partial charge in [0.2, 0.25) is 10.0 Å². The minimum Gasteiger partial charge on any atom is -0.385 e. The molecule has 2 rings (SSSR count). The van der Waals surface area contributed by atoms with Crippen LogP contribution in [0.25, 0.3) is 5.70 Å². The van der Waals surface area contributed by atoms with Gasteiger partial charge in [0.25, 0.3) is 0 Å². The lowest BCUT2D eigenvalue weighted by atomic mass is 10.1. The number of rotatable bonds is 9. The van der Waals surface area contributed by atoms with Crippen molar-refractivity contribution in [3.8, 4) is 0 Å². The Balaban J connectivity index is 1.60. The molecule has 0 radical (unpaired) electrons. The van der Waals surface area contributed by atoms with E-state index in [1.807, 2.05) is 5.41 Å². The molecule has 140 valence electrons. The van der Waals surface area contributed by atoms with Crippen LogP contribution in [0.2, 0.25) is 0 Å². The molecule has 6 nitrogen and oxygen atoms in total. The van der Waals surface area contributed by atoms with Crippen LogP contribution in [0.15, 0.2) is 29.7 Å². The highest BCUT2D eigenvalue weighted by Gasteiger charge is 2.27. The highest BCUT2D eigenvalue weighted by molar-refractivity contribution is 8.00. The van der Waals surface area contributed by atoms with E-state index in [0.717, 1.165) is 42.8 Å². The largest absolute Gasteiger partial charge is 0.385 e. The van der Waals surface area contributed by atoms with Crippen LogP contribution in [0.1, 0.15) is 45.6 Å². The van der Waals surface area contributed by atoms with Crippen LogP contribution in [0.5, 0.6) is 0 Å². The van der Waals surface area contributed by atoms with Crippen LogP contribution in [0.4, 0.5) is 5.69 Å². The molecule has 0 atom stereocenters. The normalized spacial score (nSPS) is 14.9. The van der Waals surface area contributed by atoms with Crippen LogP contribution in [0.3, 0.4) is 0 Å². The summed E-state index contributed by atoms with van der Waals surface area (Å²) in [5.41, 5.74) is 6.41. The Morgan fingerprint density at radius 3 is 2.32 bits per heavy atom. The maximum atomic E-state index is 11.9. The minimum absolute atomic E-state index is 0.502. The predicted octanol–water partition coefficient (Wildman–Crippen LogP) is 3.04. The molecular weight excluding hydrogens is 356 g/mol. The monoisotopic (exact) mass is 384 g/mol. The number of benzene rings is 1. The number of sulfonamides is 1. The fraction of sp³-hybridized carbons (Fsp3) is 0.529. The van der Waals surface area contributed by atoms with E-state index in [2.05, 4.69) is 44.6 Å². The third-order valence-corrected chi connectivity index (χ3v) is 6.67. The minimum atomic E-state index is -3.23. The molecule has 8 heteroatoms. The van der Waals surface area contributed by atoms with Crippen molar-refractivity contribution in [1.82, 2.24) is 15.0 Å². The van der Waals surface area contributed by atoms with Crippen LogP contribution >= 0.6 is 11.9 Å². The van der Waals surface area contributed by atoms with Crippen LogP contribution in [-0.2, 0) is 10.0 Å². The maximum absolute atomic E-state index is 11.9. The summed E-state index contributed by atoms with van der Waals surface area (Å²) in [6, 6.07) is 8.29. The Bertz CT molecular complexity index is 680. The molecule has 1 heterocycles. The quantitative estimate of drug-likeness (QED) is 0.387. The predicted molar refractivity (Wildman–Crippen MR) is 107 cm³/mol. The van der Waals surface area contributed by atoms with Crippen molar-refractivity contribution in [3.05, 3.63) is 35.2 Å². The van der Waals surface area contributed by atoms with E-state index in [1.165, 1.54) is 11.9 Å². The van der Waals surface area contributed by atoms with Crippen LogP contribution in [0, 0.1) is 0 Å². The molecule has 1 aromatic carbocycles. The maximum Gasteiger partial charge on any atom is 0.216 e. The number of hydrogen-bond acceptors (Lipinski definition) is 6. The van der Waals surface area contributed by atoms with Gasteiger partial charge < -0.3 is 10.7 Å². The summed E-state index contributed by atoms with van der Waals surface area (Å²) < 4.78 is 25.7. The first-order valence-corrected chi connectivity index (χ1v) is 10.9. The average Bonchev–Trinajstić information content (AvgIpc) is 3.08. The standard InChI is InChI=1S/C17H28N4O2S2/c1-17(2,3)25(22,23)19-12-6-4-5-11-18-15-9-7-14(8-10-15)16-13-24-21-20-16/h7-10,13,18-21H,4-6,11-12H2,1-3H3. The zero-order valence-electron chi connectivity index (χ0n) is 15.1. The number of unbranched alkanes of at least 4 members (excludes halogenated alkanes) is 2. The molecule has 0 aromatic heterocycles. The Kier molecular flexibility index (Phi) is 7.18. The van der Waals surface area contributed by atoms with Crippen molar-refractivity contribution in [2.45, 2.75) is 44.8 Å². The molecule has 0 spiro atoms. The second kappa shape index (κ2) is 8.93. The lowest BCUT2D eigenvalue weighted by molar-refractivity contribution is 0.540. The van der Waals surface area contributed by atoms with E-state index in [9.17, 15) is 8.42 Å². The topological polar surface area (TPSA) is 82.3 Å². The molecule has 0 bridgehead atoms. The van der Waals surface area contributed by atoms with Crippen molar-refractivity contribution in [2.75, 3.05) is 18.4 Å². The van der Waals surface area contributed by atoms with Gasteiger partial charge in [-0.1, -0.05) is 18.6 Å². The highest BCUT2D eigenvalue weighted by Crippen LogP contribution is 2.20. The number of hydrogen-bond donors (Lipinski definition) is 4. The SMILES string of the molecule is CC(C)(C)S(=O)(=O)NCCCCCNc1ccc(C2=CSNN2)cc1. The zero-order valence-corrected chi connectivity index (χ0v) is 16.7. The lowest BCUT2D eigenvalue weighted by Crippen LogP contribution is -2.39. The van der Waals surface area contributed by atoms with Crippen LogP contribution < -0.4 is 20.3 Å². The van der Waals surface area contributed by atoms with Gasteiger partial charge in [-0.05, 0) is 63.3 Å². The van der Waals surface area contributed by atoms with Gasteiger partial charge in [-0.3, -0.25) is 0 Å². The number of anilines is 1. The molecule has 0 unspecified atom stereocenters. The number of nitrogens with one attached hydrogen (secondary N) is 4. The first kappa shape index (κ1) is 20.1. The fourth-order valence-electron chi connectivity index (χ4n) is 2.19. The Morgan fingerprint density at radius 2 is 1.72 bits per heavy atom. The molecule has 4 N–H and O–H groups in total. The molecule has 1 aliphatic rings. The van der Waals surface area contributed by atoms with E-state index < -0.39 is 14.8 Å². The van der Waals surface area contributed by atoms with Crippen molar-refractivity contribution >= 4 is 33.4 Å². The highest BCUT2D eigenvalue weighted by atomic mass is 32.2. The van der Waals surface area contributed by atoms with Crippen molar-refractivity contribution in [1.29, 1.82) is 0 Å². The van der Waals surface area contributed by atoms with E-state index >= 15 is 0 Å². The van der Waals surface area contributed by atoms with E-state index in [-0.39, 0.29) is 0 Å². The molecule has 1 aromatic rings. The molecule has 0 saturated heterocycles. The summed E-state index contributed by atoms with van der Waals surface area (Å²) >= 11 is 1.53. The first-order chi connectivity index (χ1) is 11.8. The smallest absolute Gasteiger partial charge is 0.216 e. The van der Waals surface area contributed by atoms with Crippen LogP contribution in [-0.4, -0.2) is 26.3 Å². The fourth-order valence-corrected chi connectivity index (χ4v) is 3.58. The lowest BCUT2D eigenvalue weighted by Gasteiger charge is -2.19. The van der Waals surface area contributed by atoms with Gasteiger partial charge in [0.1, 0.15) is 0 Å². The Morgan fingerprint density at radius 1 is 1.04 bits per heavy atom. The second-order valence-electron chi connectivity index (χ2n) is 6.95. The van der Waals surface area contributed by atoms with Crippen molar-refractivity contribution in [2.24, 2.45) is 0 Å². The summed E-state index contributed by atoms with van der Waals surface area (Å²) in [5.74, 6) is 0. The summed E-state index contributed by atoms with van der Waals surface area (Å²) in [4.78, 5) is 2.98. The first-order valence-electron chi connectivity index (χ1n) is 8.50. The Hall–Kier alpha value is -1.22. The van der Waals surface area contributed by atoms with E-state index in [1.54, 1.807) is 20.8 Å². The summed E-state index contributed by atoms with van der Waals surface area (Å²) in [7, 11) is -3.23. The van der Waals surface area contributed by atoms with Gasteiger partial charge in [0.05, 0.1) is 10.4 Å². The van der Waals surface area contributed by atoms with Gasteiger partial charge in [0, 0.05) is 24.2 Å². The van der Waals surface area contributed by atoms with Gasteiger partial charge >= 0.3 is 0 Å². The molecule has 0 amide bonds. The molecule has 1 aliphatic heterocycles. The second-order valence-corrected chi connectivity index (χ2v) is 10.1. The summed E-state index contributed by atoms with van der Waals surface area (Å²) in [6.45, 7) is 6.50. The summed E-state index contributed by atoms with van der Waals surface area (Å²) in [5, 5.41) is 5.43. The summed E-state index contributed by atoms with van der Waals surface area (Å²) in [6.07, 6.45) is 2.84. The molecule has 25 heavy (non-hydrogen) atoms. The van der Waals surface area contributed by atoms with Crippen molar-refractivity contribution < 1.29 is 8.42 Å². The molecule has 0 aliphatic carbocycles. The van der Waals surface area contributed by atoms with E-state index in [0.29, 0.717) is 6.54 Å². The van der Waals surface area contributed by atoms with Gasteiger partial charge in [0.15, 0.2) is 0 Å². The zero-order chi connectivity index (χ0) is 18.3. The molecule has 0 saturated carbocycles. The van der Waals surface area contributed by atoms with Gasteiger partial charge in [-0.2, -0.15) is 4.83 Å². The third-order valence-electron chi connectivity index (χ3n) is 3.90. The third kappa shape index (κ3) is 6.22. The van der Waals surface area contributed by atoms with E-state index in [4.69, 9.17) is 0 Å². The Labute approximate surface area is 155 Å². The van der Waals surface area contributed by atoms with Gasteiger partial charge in [-0.25, -0.2) is 13.1 Å². The van der Waals surface area contributed by atoms with Gasteiger partial charge in [-0.15, -0.1) is 0 Å². The number of hydrazine groups is 1.